The van der Waals surface area contributed by atoms with Gasteiger partial charge in [-0.05, 0) is 36.5 Å². The molecule has 2 N–H and O–H groups in total. The summed E-state index contributed by atoms with van der Waals surface area (Å²) in [5, 5.41) is 12.2. The normalized spacial score (nSPS) is 14.8. The summed E-state index contributed by atoms with van der Waals surface area (Å²) in [7, 11) is 0. The number of amides is 2. The molecule has 1 atom stereocenters. The standard InChI is InChI=1S/C19H20F2N2O2/c20-15-8-9-17(16(21)10-15)22-19(25)23(18(12-24)14-6-7-14)11-13-4-2-1-3-5-13/h1-5,8-10,14,18,24H,6-7,11-12H2,(H,22,25). The minimum Gasteiger partial charge on any atom is -0.394 e. The molecule has 1 unspecified atom stereocenters. The van der Waals surface area contributed by atoms with Gasteiger partial charge in [0.1, 0.15) is 11.6 Å². The van der Waals surface area contributed by atoms with Crippen molar-refractivity contribution >= 4 is 11.7 Å². The Hall–Kier alpha value is -2.47. The van der Waals surface area contributed by atoms with E-state index in [1.807, 2.05) is 30.3 Å². The number of benzene rings is 2. The van der Waals surface area contributed by atoms with E-state index in [-0.39, 0.29) is 24.3 Å². The predicted molar refractivity (Wildman–Crippen MR) is 91.0 cm³/mol. The second kappa shape index (κ2) is 7.61. The molecule has 0 aromatic heterocycles. The summed E-state index contributed by atoms with van der Waals surface area (Å²) < 4.78 is 26.9. The first-order chi connectivity index (χ1) is 12.1. The predicted octanol–water partition coefficient (Wildman–Crippen LogP) is 3.77. The number of urea groups is 1. The Balaban J connectivity index is 1.80. The minimum atomic E-state index is -0.833. The largest absolute Gasteiger partial charge is 0.394 e. The number of carbonyl (C=O) groups excluding carboxylic acids is 1. The van der Waals surface area contributed by atoms with Crippen molar-refractivity contribution in [3.8, 4) is 0 Å². The molecule has 0 bridgehead atoms. The van der Waals surface area contributed by atoms with Gasteiger partial charge in [0.25, 0.3) is 0 Å². The maximum atomic E-state index is 13.8. The number of anilines is 1. The van der Waals surface area contributed by atoms with Crippen molar-refractivity contribution in [3.05, 3.63) is 65.7 Å². The second-order valence-corrected chi connectivity index (χ2v) is 6.26. The van der Waals surface area contributed by atoms with Crippen molar-refractivity contribution in [2.75, 3.05) is 11.9 Å². The molecule has 2 aromatic carbocycles. The van der Waals surface area contributed by atoms with E-state index in [0.717, 1.165) is 30.5 Å². The summed E-state index contributed by atoms with van der Waals surface area (Å²) in [6.45, 7) is 0.147. The van der Waals surface area contributed by atoms with Crippen LogP contribution in [0.5, 0.6) is 0 Å². The molecule has 0 spiro atoms. The molecule has 132 valence electrons. The van der Waals surface area contributed by atoms with E-state index in [4.69, 9.17) is 0 Å². The van der Waals surface area contributed by atoms with Crippen molar-refractivity contribution < 1.29 is 18.7 Å². The van der Waals surface area contributed by atoms with Gasteiger partial charge < -0.3 is 15.3 Å². The number of hydrogen-bond donors (Lipinski definition) is 2. The summed E-state index contributed by atoms with van der Waals surface area (Å²) >= 11 is 0. The molecule has 1 aliphatic carbocycles. The molecule has 1 aliphatic rings. The van der Waals surface area contributed by atoms with Crippen molar-refractivity contribution in [1.29, 1.82) is 0 Å². The molecule has 0 radical (unpaired) electrons. The Morgan fingerprint density at radius 1 is 1.20 bits per heavy atom. The first-order valence-corrected chi connectivity index (χ1v) is 8.26. The third-order valence-electron chi connectivity index (χ3n) is 4.38. The number of rotatable bonds is 6. The number of hydrogen-bond acceptors (Lipinski definition) is 2. The van der Waals surface area contributed by atoms with Crippen LogP contribution < -0.4 is 5.32 Å². The van der Waals surface area contributed by atoms with Gasteiger partial charge in [-0.2, -0.15) is 0 Å². The molecular weight excluding hydrogens is 326 g/mol. The van der Waals surface area contributed by atoms with Crippen LogP contribution in [0, 0.1) is 17.6 Å². The highest BCUT2D eigenvalue weighted by molar-refractivity contribution is 5.89. The van der Waals surface area contributed by atoms with Gasteiger partial charge in [0, 0.05) is 12.6 Å². The number of halogens is 2. The topological polar surface area (TPSA) is 52.6 Å². The maximum absolute atomic E-state index is 13.8. The third kappa shape index (κ3) is 4.33. The van der Waals surface area contributed by atoms with Crippen LogP contribution >= 0.6 is 0 Å². The zero-order valence-electron chi connectivity index (χ0n) is 13.7. The smallest absolute Gasteiger partial charge is 0.322 e. The molecule has 0 heterocycles. The van der Waals surface area contributed by atoms with Crippen LogP contribution in [0.3, 0.4) is 0 Å². The van der Waals surface area contributed by atoms with Crippen LogP contribution in [0.2, 0.25) is 0 Å². The lowest BCUT2D eigenvalue weighted by Gasteiger charge is -2.31. The van der Waals surface area contributed by atoms with Crippen LogP contribution in [0.4, 0.5) is 19.3 Å². The number of aliphatic hydroxyl groups excluding tert-OH is 1. The number of carbonyl (C=O) groups is 1. The van der Waals surface area contributed by atoms with E-state index in [1.54, 1.807) is 0 Å². The summed E-state index contributed by atoms with van der Waals surface area (Å²) in [5.41, 5.74) is 0.827. The zero-order chi connectivity index (χ0) is 17.8. The summed E-state index contributed by atoms with van der Waals surface area (Å²) in [6.07, 6.45) is 1.91. The second-order valence-electron chi connectivity index (χ2n) is 6.26. The molecule has 1 saturated carbocycles. The first-order valence-electron chi connectivity index (χ1n) is 8.26. The zero-order valence-corrected chi connectivity index (χ0v) is 13.7. The number of aliphatic hydroxyl groups is 1. The minimum absolute atomic E-state index is 0.0862. The fourth-order valence-corrected chi connectivity index (χ4v) is 2.88. The van der Waals surface area contributed by atoms with Crippen LogP contribution in [0.1, 0.15) is 18.4 Å². The molecule has 0 aliphatic heterocycles. The lowest BCUT2D eigenvalue weighted by molar-refractivity contribution is 0.124. The Morgan fingerprint density at radius 2 is 1.92 bits per heavy atom. The van der Waals surface area contributed by atoms with Crippen molar-refractivity contribution in [1.82, 2.24) is 4.90 Å². The van der Waals surface area contributed by atoms with Crippen LogP contribution in [0.25, 0.3) is 0 Å². The van der Waals surface area contributed by atoms with Crippen molar-refractivity contribution in [3.63, 3.8) is 0 Å². The van der Waals surface area contributed by atoms with Gasteiger partial charge in [-0.1, -0.05) is 30.3 Å². The highest BCUT2D eigenvalue weighted by Crippen LogP contribution is 2.36. The fourth-order valence-electron chi connectivity index (χ4n) is 2.88. The average molecular weight is 346 g/mol. The van der Waals surface area contributed by atoms with E-state index >= 15 is 0 Å². The van der Waals surface area contributed by atoms with Crippen molar-refractivity contribution in [2.45, 2.75) is 25.4 Å². The van der Waals surface area contributed by atoms with Crippen molar-refractivity contribution in [2.24, 2.45) is 5.92 Å². The Kier molecular flexibility index (Phi) is 5.28. The molecule has 2 aromatic rings. The van der Waals surface area contributed by atoms with Gasteiger partial charge in [-0.25, -0.2) is 13.6 Å². The van der Waals surface area contributed by atoms with Gasteiger partial charge in [0.05, 0.1) is 18.3 Å². The van der Waals surface area contributed by atoms with E-state index in [9.17, 15) is 18.7 Å². The third-order valence-corrected chi connectivity index (χ3v) is 4.38. The summed E-state index contributed by atoms with van der Waals surface area (Å²) in [6, 6.07) is 11.6. The van der Waals surface area contributed by atoms with E-state index < -0.39 is 17.7 Å². The molecule has 6 heteroatoms. The monoisotopic (exact) mass is 346 g/mol. The first kappa shape index (κ1) is 17.4. The maximum Gasteiger partial charge on any atom is 0.322 e. The van der Waals surface area contributed by atoms with Gasteiger partial charge in [0.2, 0.25) is 0 Å². The highest BCUT2D eigenvalue weighted by atomic mass is 19.1. The SMILES string of the molecule is O=C(Nc1ccc(F)cc1F)N(Cc1ccccc1)C(CO)C1CC1. The van der Waals surface area contributed by atoms with Gasteiger partial charge in [0.15, 0.2) is 0 Å². The van der Waals surface area contributed by atoms with Crippen LogP contribution in [-0.2, 0) is 6.54 Å². The molecule has 4 nitrogen and oxygen atoms in total. The van der Waals surface area contributed by atoms with E-state index in [0.29, 0.717) is 6.54 Å². The van der Waals surface area contributed by atoms with Gasteiger partial charge in [-0.3, -0.25) is 0 Å². The molecule has 2 amide bonds. The molecule has 1 fully saturated rings. The Bertz CT molecular complexity index is 735. The van der Waals surface area contributed by atoms with Gasteiger partial charge >= 0.3 is 6.03 Å². The lowest BCUT2D eigenvalue weighted by atomic mass is 10.1. The molecular formula is C19H20F2N2O2. The van der Waals surface area contributed by atoms with Crippen LogP contribution in [0.15, 0.2) is 48.5 Å². The Labute approximate surface area is 145 Å². The quantitative estimate of drug-likeness (QED) is 0.837. The van der Waals surface area contributed by atoms with E-state index in [2.05, 4.69) is 5.32 Å². The summed E-state index contributed by atoms with van der Waals surface area (Å²) in [4.78, 5) is 14.3. The number of nitrogens with zero attached hydrogens (tertiary/aromatic N) is 1. The van der Waals surface area contributed by atoms with E-state index in [1.165, 1.54) is 11.0 Å². The molecule has 25 heavy (non-hydrogen) atoms. The Morgan fingerprint density at radius 3 is 2.52 bits per heavy atom. The summed E-state index contributed by atoms with van der Waals surface area (Å²) in [5.74, 6) is -1.29. The molecule has 3 rings (SSSR count). The average Bonchev–Trinajstić information content (AvgIpc) is 3.43. The van der Waals surface area contributed by atoms with Crippen LogP contribution in [-0.4, -0.2) is 28.7 Å². The fraction of sp³-hybridized carbons (Fsp3) is 0.316. The number of nitrogens with one attached hydrogen (secondary N) is 1. The highest BCUT2D eigenvalue weighted by Gasteiger charge is 2.37. The van der Waals surface area contributed by atoms with Gasteiger partial charge in [-0.15, -0.1) is 0 Å². The lowest BCUT2D eigenvalue weighted by Crippen LogP contribution is -2.45. The molecule has 0 saturated heterocycles.